The molecular formula is C15H20ClNO. The van der Waals surface area contributed by atoms with Crippen LogP contribution in [0.25, 0.3) is 0 Å². The number of rotatable bonds is 3. The minimum absolute atomic E-state index is 0.0372. The molecule has 1 aliphatic carbocycles. The van der Waals surface area contributed by atoms with Crippen LogP contribution >= 0.6 is 11.6 Å². The highest BCUT2D eigenvalue weighted by Crippen LogP contribution is 2.25. The maximum atomic E-state index is 12.1. The minimum atomic E-state index is 0.0372. The Kier molecular flexibility index (Phi) is 4.65. The van der Waals surface area contributed by atoms with Gasteiger partial charge in [0.05, 0.1) is 0 Å². The topological polar surface area (TPSA) is 29.1 Å². The molecular weight excluding hydrogens is 246 g/mol. The Bertz CT molecular complexity index is 401. The Hall–Kier alpha value is -1.02. The second-order valence-corrected chi connectivity index (χ2v) is 5.53. The van der Waals surface area contributed by atoms with Crippen molar-refractivity contribution >= 4 is 17.5 Å². The van der Waals surface area contributed by atoms with E-state index in [1.807, 2.05) is 31.2 Å². The number of amides is 1. The fraction of sp³-hybridized carbons (Fsp3) is 0.533. The van der Waals surface area contributed by atoms with Crippen LogP contribution in [-0.4, -0.2) is 17.8 Å². The van der Waals surface area contributed by atoms with Gasteiger partial charge < -0.3 is 5.32 Å². The summed E-state index contributed by atoms with van der Waals surface area (Å²) in [6.07, 6.45) is 4.45. The third-order valence-electron chi connectivity index (χ3n) is 3.65. The zero-order valence-electron chi connectivity index (χ0n) is 10.8. The van der Waals surface area contributed by atoms with Crippen molar-refractivity contribution in [1.29, 1.82) is 0 Å². The average molecular weight is 266 g/mol. The van der Waals surface area contributed by atoms with Gasteiger partial charge in [0.2, 0.25) is 0 Å². The SMILES string of the molecule is Cc1ccc(C(=O)NC2CCCC(CCl)C2)cc1. The Morgan fingerprint density at radius 1 is 1.33 bits per heavy atom. The molecule has 0 radical (unpaired) electrons. The van der Waals surface area contributed by atoms with Gasteiger partial charge in [-0.2, -0.15) is 0 Å². The summed E-state index contributed by atoms with van der Waals surface area (Å²) in [5, 5.41) is 3.12. The number of halogens is 1. The van der Waals surface area contributed by atoms with Crippen LogP contribution in [0.1, 0.15) is 41.6 Å². The van der Waals surface area contributed by atoms with Crippen LogP contribution in [0, 0.1) is 12.8 Å². The van der Waals surface area contributed by atoms with Gasteiger partial charge in [-0.3, -0.25) is 4.79 Å². The quantitative estimate of drug-likeness (QED) is 0.833. The first-order valence-electron chi connectivity index (χ1n) is 6.62. The van der Waals surface area contributed by atoms with Gasteiger partial charge >= 0.3 is 0 Å². The van der Waals surface area contributed by atoms with Gasteiger partial charge in [-0.1, -0.05) is 24.1 Å². The first-order chi connectivity index (χ1) is 8.69. The van der Waals surface area contributed by atoms with Crippen molar-refractivity contribution in [3.63, 3.8) is 0 Å². The number of aryl methyl sites for hydroxylation is 1. The molecule has 0 saturated heterocycles. The van der Waals surface area contributed by atoms with Gasteiger partial charge in [-0.05, 0) is 44.2 Å². The molecule has 18 heavy (non-hydrogen) atoms. The lowest BCUT2D eigenvalue weighted by Crippen LogP contribution is -2.38. The van der Waals surface area contributed by atoms with Crippen molar-refractivity contribution in [2.45, 2.75) is 38.6 Å². The smallest absolute Gasteiger partial charge is 0.251 e. The standard InChI is InChI=1S/C15H20ClNO/c1-11-5-7-13(8-6-11)15(18)17-14-4-2-3-12(9-14)10-16/h5-8,12,14H,2-4,9-10H2,1H3,(H,17,18). The molecule has 1 saturated carbocycles. The predicted molar refractivity (Wildman–Crippen MR) is 75.1 cm³/mol. The number of hydrogen-bond donors (Lipinski definition) is 1. The second kappa shape index (κ2) is 6.24. The lowest BCUT2D eigenvalue weighted by Gasteiger charge is -2.28. The predicted octanol–water partition coefficient (Wildman–Crippen LogP) is 3.52. The van der Waals surface area contributed by atoms with Crippen LogP contribution in [0.2, 0.25) is 0 Å². The van der Waals surface area contributed by atoms with Crippen LogP contribution in [0.15, 0.2) is 24.3 Å². The molecule has 0 aromatic heterocycles. The third kappa shape index (κ3) is 3.49. The molecule has 1 aromatic rings. The van der Waals surface area contributed by atoms with Gasteiger partial charge in [0.15, 0.2) is 0 Å². The first-order valence-corrected chi connectivity index (χ1v) is 7.16. The second-order valence-electron chi connectivity index (χ2n) is 5.22. The van der Waals surface area contributed by atoms with Crippen molar-refractivity contribution < 1.29 is 4.79 Å². The van der Waals surface area contributed by atoms with E-state index in [9.17, 15) is 4.79 Å². The summed E-state index contributed by atoms with van der Waals surface area (Å²) >= 11 is 5.90. The van der Waals surface area contributed by atoms with Gasteiger partial charge in [0, 0.05) is 17.5 Å². The highest BCUT2D eigenvalue weighted by atomic mass is 35.5. The Labute approximate surface area is 114 Å². The van der Waals surface area contributed by atoms with Gasteiger partial charge in [-0.25, -0.2) is 0 Å². The summed E-state index contributed by atoms with van der Waals surface area (Å²) in [6.45, 7) is 2.02. The van der Waals surface area contributed by atoms with Crippen molar-refractivity contribution in [3.8, 4) is 0 Å². The molecule has 98 valence electrons. The molecule has 0 bridgehead atoms. The average Bonchev–Trinajstić information content (AvgIpc) is 2.39. The molecule has 3 heteroatoms. The first kappa shape index (κ1) is 13.4. The number of alkyl halides is 1. The van der Waals surface area contributed by atoms with Crippen molar-refractivity contribution in [1.82, 2.24) is 5.32 Å². The summed E-state index contributed by atoms with van der Waals surface area (Å²) in [6, 6.07) is 7.99. The van der Waals surface area contributed by atoms with E-state index < -0.39 is 0 Å². The maximum Gasteiger partial charge on any atom is 0.251 e. The number of hydrogen-bond acceptors (Lipinski definition) is 1. The molecule has 2 unspecified atom stereocenters. The third-order valence-corrected chi connectivity index (χ3v) is 4.09. The number of carbonyl (C=O) groups is 1. The van der Waals surface area contributed by atoms with Crippen LogP contribution in [0.4, 0.5) is 0 Å². The largest absolute Gasteiger partial charge is 0.349 e. The van der Waals surface area contributed by atoms with E-state index in [-0.39, 0.29) is 11.9 Å². The molecule has 2 nitrogen and oxygen atoms in total. The van der Waals surface area contributed by atoms with E-state index in [4.69, 9.17) is 11.6 Å². The number of nitrogens with one attached hydrogen (secondary N) is 1. The van der Waals surface area contributed by atoms with Crippen molar-refractivity contribution in [2.75, 3.05) is 5.88 Å². The molecule has 0 heterocycles. The summed E-state index contributed by atoms with van der Waals surface area (Å²) in [7, 11) is 0. The molecule has 1 fully saturated rings. The van der Waals surface area contributed by atoms with E-state index >= 15 is 0 Å². The normalized spacial score (nSPS) is 23.7. The van der Waals surface area contributed by atoms with Crippen LogP contribution < -0.4 is 5.32 Å². The molecule has 1 aromatic carbocycles. The molecule has 1 N–H and O–H groups in total. The number of benzene rings is 1. The summed E-state index contributed by atoms with van der Waals surface area (Å²) in [4.78, 5) is 12.1. The molecule has 1 amide bonds. The van der Waals surface area contributed by atoms with Crippen molar-refractivity contribution in [3.05, 3.63) is 35.4 Å². The van der Waals surface area contributed by atoms with Gasteiger partial charge in [-0.15, -0.1) is 11.6 Å². The summed E-state index contributed by atoms with van der Waals surface area (Å²) < 4.78 is 0. The van der Waals surface area contributed by atoms with Crippen LogP contribution in [0.3, 0.4) is 0 Å². The van der Waals surface area contributed by atoms with Crippen molar-refractivity contribution in [2.24, 2.45) is 5.92 Å². The van der Waals surface area contributed by atoms with E-state index in [1.54, 1.807) is 0 Å². The van der Waals surface area contributed by atoms with E-state index in [0.29, 0.717) is 11.8 Å². The lowest BCUT2D eigenvalue weighted by atomic mass is 9.87. The molecule has 2 rings (SSSR count). The lowest BCUT2D eigenvalue weighted by molar-refractivity contribution is 0.0921. The fourth-order valence-electron chi connectivity index (χ4n) is 2.54. The Morgan fingerprint density at radius 3 is 2.72 bits per heavy atom. The fourth-order valence-corrected chi connectivity index (χ4v) is 2.82. The maximum absolute atomic E-state index is 12.1. The molecule has 0 spiro atoms. The highest BCUT2D eigenvalue weighted by Gasteiger charge is 2.22. The monoisotopic (exact) mass is 265 g/mol. The van der Waals surface area contributed by atoms with Gasteiger partial charge in [0.25, 0.3) is 5.91 Å². The van der Waals surface area contributed by atoms with E-state index in [2.05, 4.69) is 5.32 Å². The Morgan fingerprint density at radius 2 is 2.06 bits per heavy atom. The van der Waals surface area contributed by atoms with E-state index in [0.717, 1.165) is 24.8 Å². The van der Waals surface area contributed by atoms with Crippen LogP contribution in [0.5, 0.6) is 0 Å². The zero-order chi connectivity index (χ0) is 13.0. The molecule has 1 aliphatic rings. The molecule has 2 atom stereocenters. The number of carbonyl (C=O) groups excluding carboxylic acids is 1. The Balaban J connectivity index is 1.92. The van der Waals surface area contributed by atoms with Gasteiger partial charge in [0.1, 0.15) is 0 Å². The van der Waals surface area contributed by atoms with E-state index in [1.165, 1.54) is 12.0 Å². The summed E-state index contributed by atoms with van der Waals surface area (Å²) in [5.74, 6) is 1.30. The minimum Gasteiger partial charge on any atom is -0.349 e. The zero-order valence-corrected chi connectivity index (χ0v) is 11.5. The molecule has 0 aliphatic heterocycles. The van der Waals surface area contributed by atoms with Crippen LogP contribution in [-0.2, 0) is 0 Å². The highest BCUT2D eigenvalue weighted by molar-refractivity contribution is 6.18. The summed E-state index contributed by atoms with van der Waals surface area (Å²) in [5.41, 5.74) is 1.92.